The second-order valence-electron chi connectivity index (χ2n) is 4.39. The summed E-state index contributed by atoms with van der Waals surface area (Å²) in [5.41, 5.74) is 5.37. The van der Waals surface area contributed by atoms with Gasteiger partial charge in [-0.25, -0.2) is 4.57 Å². The average Bonchev–Trinajstić information content (AvgIpc) is 2.27. The highest BCUT2D eigenvalue weighted by atomic mass is 14.9. The van der Waals surface area contributed by atoms with Gasteiger partial charge in [-0.1, -0.05) is 30.3 Å². The Morgan fingerprint density at radius 3 is 2.38 bits per heavy atom. The third-order valence-corrected chi connectivity index (χ3v) is 3.02. The molecular formula is C15H18N+. The van der Waals surface area contributed by atoms with Crippen molar-refractivity contribution in [2.75, 3.05) is 0 Å². The van der Waals surface area contributed by atoms with Crippen LogP contribution in [0.4, 0.5) is 0 Å². The molecule has 1 heterocycles. The molecule has 2 rings (SSSR count). The summed E-state index contributed by atoms with van der Waals surface area (Å²) in [5, 5.41) is 0. The molecule has 0 atom stereocenters. The Balaban J connectivity index is 2.35. The molecule has 1 nitrogen and oxygen atoms in total. The number of benzene rings is 1. The Morgan fingerprint density at radius 1 is 1.00 bits per heavy atom. The zero-order valence-corrected chi connectivity index (χ0v) is 10.2. The van der Waals surface area contributed by atoms with Crippen LogP contribution in [0.3, 0.4) is 0 Å². The van der Waals surface area contributed by atoms with Gasteiger partial charge in [0.2, 0.25) is 0 Å². The fourth-order valence-corrected chi connectivity index (χ4v) is 2.03. The van der Waals surface area contributed by atoms with Crippen molar-refractivity contribution >= 4 is 0 Å². The number of hydrogen-bond acceptors (Lipinski definition) is 0. The minimum absolute atomic E-state index is 1.000. The van der Waals surface area contributed by atoms with Crippen LogP contribution in [-0.2, 0) is 13.5 Å². The highest BCUT2D eigenvalue weighted by molar-refractivity contribution is 5.22. The Kier molecular flexibility index (Phi) is 3.04. The molecule has 0 bridgehead atoms. The molecule has 1 aromatic heterocycles. The van der Waals surface area contributed by atoms with Crippen LogP contribution in [0.15, 0.2) is 42.5 Å². The van der Waals surface area contributed by atoms with Crippen LogP contribution in [0.25, 0.3) is 0 Å². The fraction of sp³-hybridized carbons (Fsp3) is 0.267. The predicted molar refractivity (Wildman–Crippen MR) is 66.3 cm³/mol. The largest absolute Gasteiger partial charge is 0.202 e. The summed E-state index contributed by atoms with van der Waals surface area (Å²) in [6.07, 6.45) is 1.000. The van der Waals surface area contributed by atoms with Crippen LogP contribution < -0.4 is 4.57 Å². The number of rotatable bonds is 2. The van der Waals surface area contributed by atoms with Crippen LogP contribution in [0.5, 0.6) is 0 Å². The highest BCUT2D eigenvalue weighted by Gasteiger charge is 2.10. The lowest BCUT2D eigenvalue weighted by molar-refractivity contribution is -0.684. The normalized spacial score (nSPS) is 10.4. The van der Waals surface area contributed by atoms with Gasteiger partial charge < -0.3 is 0 Å². The first-order chi connectivity index (χ1) is 7.66. The molecule has 0 unspecified atom stereocenters. The van der Waals surface area contributed by atoms with Crippen molar-refractivity contribution < 1.29 is 4.57 Å². The van der Waals surface area contributed by atoms with E-state index in [4.69, 9.17) is 0 Å². The quantitative estimate of drug-likeness (QED) is 0.674. The van der Waals surface area contributed by atoms with E-state index in [-0.39, 0.29) is 0 Å². The molecule has 1 heteroatoms. The van der Waals surface area contributed by atoms with E-state index in [9.17, 15) is 0 Å². The summed E-state index contributed by atoms with van der Waals surface area (Å²) < 4.78 is 2.26. The van der Waals surface area contributed by atoms with Gasteiger partial charge >= 0.3 is 0 Å². The molecule has 16 heavy (non-hydrogen) atoms. The molecule has 0 saturated carbocycles. The SMILES string of the molecule is Cc1cc(C)[n+](C)c(Cc2ccccc2)c1. The lowest BCUT2D eigenvalue weighted by Crippen LogP contribution is -2.37. The Labute approximate surface area is 97.4 Å². The molecule has 0 aliphatic rings. The molecule has 0 fully saturated rings. The Bertz CT molecular complexity index is 486. The summed E-state index contributed by atoms with van der Waals surface area (Å²) >= 11 is 0. The van der Waals surface area contributed by atoms with E-state index in [1.165, 1.54) is 22.5 Å². The van der Waals surface area contributed by atoms with Crippen LogP contribution in [0.2, 0.25) is 0 Å². The molecule has 82 valence electrons. The van der Waals surface area contributed by atoms with E-state index in [1.807, 2.05) is 0 Å². The zero-order valence-electron chi connectivity index (χ0n) is 10.2. The second-order valence-corrected chi connectivity index (χ2v) is 4.39. The Morgan fingerprint density at radius 2 is 1.69 bits per heavy atom. The molecule has 0 radical (unpaired) electrons. The second kappa shape index (κ2) is 4.48. The van der Waals surface area contributed by atoms with E-state index in [0.29, 0.717) is 0 Å². The molecule has 0 aliphatic heterocycles. The van der Waals surface area contributed by atoms with Gasteiger partial charge in [-0.15, -0.1) is 0 Å². The van der Waals surface area contributed by atoms with E-state index < -0.39 is 0 Å². The lowest BCUT2D eigenvalue weighted by atomic mass is 10.1. The van der Waals surface area contributed by atoms with Gasteiger partial charge in [0.05, 0.1) is 6.42 Å². The predicted octanol–water partition coefficient (Wildman–Crippen LogP) is 2.72. The summed E-state index contributed by atoms with van der Waals surface area (Å²) in [6.45, 7) is 4.31. The van der Waals surface area contributed by atoms with Crippen LogP contribution in [-0.4, -0.2) is 0 Å². The molecule has 0 spiro atoms. The standard InChI is InChI=1S/C15H18N/c1-12-9-13(2)16(3)15(10-12)11-14-7-5-4-6-8-14/h4-10H,11H2,1-3H3/q+1. The van der Waals surface area contributed by atoms with Crippen LogP contribution in [0.1, 0.15) is 22.5 Å². The molecule has 1 aromatic carbocycles. The number of nitrogens with zero attached hydrogens (tertiary/aromatic N) is 1. The third-order valence-electron chi connectivity index (χ3n) is 3.02. The monoisotopic (exact) mass is 212 g/mol. The average molecular weight is 212 g/mol. The van der Waals surface area contributed by atoms with Gasteiger partial charge in [0, 0.05) is 19.1 Å². The first-order valence-electron chi connectivity index (χ1n) is 5.67. The van der Waals surface area contributed by atoms with Crippen molar-refractivity contribution in [2.45, 2.75) is 20.3 Å². The smallest absolute Gasteiger partial charge is 0.185 e. The van der Waals surface area contributed by atoms with Gasteiger partial charge in [0.25, 0.3) is 0 Å². The van der Waals surface area contributed by atoms with Gasteiger partial charge in [-0.05, 0) is 18.1 Å². The van der Waals surface area contributed by atoms with E-state index in [1.54, 1.807) is 0 Å². The van der Waals surface area contributed by atoms with Crippen molar-refractivity contribution in [3.8, 4) is 0 Å². The van der Waals surface area contributed by atoms with Crippen molar-refractivity contribution in [1.29, 1.82) is 0 Å². The molecule has 0 aliphatic carbocycles. The molecule has 0 N–H and O–H groups in total. The molecule has 0 saturated heterocycles. The number of hydrogen-bond donors (Lipinski definition) is 0. The van der Waals surface area contributed by atoms with Gasteiger partial charge in [0.1, 0.15) is 7.05 Å². The summed E-state index contributed by atoms with van der Waals surface area (Å²) in [5.74, 6) is 0. The lowest BCUT2D eigenvalue weighted by Gasteiger charge is -2.04. The van der Waals surface area contributed by atoms with Crippen LogP contribution in [0, 0.1) is 13.8 Å². The van der Waals surface area contributed by atoms with Gasteiger partial charge in [-0.3, -0.25) is 0 Å². The van der Waals surface area contributed by atoms with Crippen molar-refractivity contribution in [2.24, 2.45) is 7.05 Å². The molecule has 2 aromatic rings. The first kappa shape index (κ1) is 10.9. The summed E-state index contributed by atoms with van der Waals surface area (Å²) in [7, 11) is 2.13. The minimum Gasteiger partial charge on any atom is -0.202 e. The van der Waals surface area contributed by atoms with E-state index >= 15 is 0 Å². The molecule has 0 amide bonds. The maximum absolute atomic E-state index is 2.26. The number of aromatic nitrogens is 1. The summed E-state index contributed by atoms with van der Waals surface area (Å²) in [6, 6.07) is 15.1. The minimum atomic E-state index is 1.000. The summed E-state index contributed by atoms with van der Waals surface area (Å²) in [4.78, 5) is 0. The maximum atomic E-state index is 2.26. The highest BCUT2D eigenvalue weighted by Crippen LogP contribution is 2.08. The number of pyridine rings is 1. The fourth-order valence-electron chi connectivity index (χ4n) is 2.03. The first-order valence-corrected chi connectivity index (χ1v) is 5.67. The van der Waals surface area contributed by atoms with Crippen LogP contribution >= 0.6 is 0 Å². The topological polar surface area (TPSA) is 3.88 Å². The van der Waals surface area contributed by atoms with E-state index in [0.717, 1.165) is 6.42 Å². The van der Waals surface area contributed by atoms with Gasteiger partial charge in [0.15, 0.2) is 11.4 Å². The maximum Gasteiger partial charge on any atom is 0.185 e. The van der Waals surface area contributed by atoms with Gasteiger partial charge in [-0.2, -0.15) is 0 Å². The Hall–Kier alpha value is -1.63. The third kappa shape index (κ3) is 2.30. The van der Waals surface area contributed by atoms with Crippen molar-refractivity contribution in [1.82, 2.24) is 0 Å². The molecular weight excluding hydrogens is 194 g/mol. The zero-order chi connectivity index (χ0) is 11.5. The van der Waals surface area contributed by atoms with E-state index in [2.05, 4.69) is 67.9 Å². The van der Waals surface area contributed by atoms with Crippen molar-refractivity contribution in [3.63, 3.8) is 0 Å². The van der Waals surface area contributed by atoms with Crippen molar-refractivity contribution in [3.05, 3.63) is 65.0 Å². The number of aryl methyl sites for hydroxylation is 2.